The van der Waals surface area contributed by atoms with Crippen molar-refractivity contribution in [2.45, 2.75) is 25.7 Å². The highest BCUT2D eigenvalue weighted by Crippen LogP contribution is 2.48. The zero-order valence-electron chi connectivity index (χ0n) is 12.2. The molecule has 2 aromatic carbocycles. The summed E-state index contributed by atoms with van der Waals surface area (Å²) in [7, 11) is 0. The Balaban J connectivity index is 2.01. The van der Waals surface area contributed by atoms with Crippen molar-refractivity contribution in [3.05, 3.63) is 63.1 Å². The molecule has 1 heterocycles. The highest BCUT2D eigenvalue weighted by atomic mass is 79.9. The highest BCUT2D eigenvalue weighted by molar-refractivity contribution is 9.10. The Labute approximate surface area is 143 Å². The molecule has 4 rings (SSSR count). The van der Waals surface area contributed by atoms with E-state index in [1.54, 1.807) is 0 Å². The molecule has 3 aromatic rings. The number of pyridine rings is 1. The summed E-state index contributed by atoms with van der Waals surface area (Å²) in [4.78, 5) is 4.90. The predicted octanol–water partition coefficient (Wildman–Crippen LogP) is 6.50. The van der Waals surface area contributed by atoms with Crippen molar-refractivity contribution in [1.29, 1.82) is 0 Å². The Kier molecular flexibility index (Phi) is 3.47. The number of aryl methyl sites for hydroxylation is 1. The van der Waals surface area contributed by atoms with Crippen LogP contribution in [0.25, 0.3) is 22.2 Å². The lowest BCUT2D eigenvalue weighted by molar-refractivity contribution is 1.12. The topological polar surface area (TPSA) is 12.9 Å². The van der Waals surface area contributed by atoms with Gasteiger partial charge in [0.1, 0.15) is 0 Å². The summed E-state index contributed by atoms with van der Waals surface area (Å²) in [6, 6.07) is 14.4. The van der Waals surface area contributed by atoms with E-state index in [4.69, 9.17) is 16.6 Å². The molecule has 1 aliphatic carbocycles. The van der Waals surface area contributed by atoms with Crippen molar-refractivity contribution in [3.63, 3.8) is 0 Å². The van der Waals surface area contributed by atoms with Gasteiger partial charge in [0.2, 0.25) is 0 Å². The SMILES string of the molecule is Cc1ccc2nc(-c3ccc(Cl)cc3)c(Br)c(C3CC3)c2c1. The fraction of sp³-hybridized carbons (Fsp3) is 0.211. The van der Waals surface area contributed by atoms with E-state index in [-0.39, 0.29) is 0 Å². The van der Waals surface area contributed by atoms with E-state index < -0.39 is 0 Å². The van der Waals surface area contributed by atoms with Crippen LogP contribution in [0.4, 0.5) is 0 Å². The Morgan fingerprint density at radius 2 is 1.82 bits per heavy atom. The van der Waals surface area contributed by atoms with Crippen LogP contribution in [-0.2, 0) is 0 Å². The Hall–Kier alpha value is -1.38. The maximum atomic E-state index is 6.01. The lowest BCUT2D eigenvalue weighted by Gasteiger charge is -2.14. The molecule has 0 amide bonds. The Morgan fingerprint density at radius 1 is 1.09 bits per heavy atom. The molecule has 1 fully saturated rings. The van der Waals surface area contributed by atoms with Crippen LogP contribution in [0.1, 0.15) is 29.9 Å². The number of fused-ring (bicyclic) bond motifs is 1. The van der Waals surface area contributed by atoms with Crippen LogP contribution in [0.2, 0.25) is 5.02 Å². The first-order valence-electron chi connectivity index (χ1n) is 7.49. The van der Waals surface area contributed by atoms with Gasteiger partial charge < -0.3 is 0 Å². The summed E-state index contributed by atoms with van der Waals surface area (Å²) in [6.07, 6.45) is 2.54. The average Bonchev–Trinajstić information content (AvgIpc) is 3.32. The molecule has 0 aliphatic heterocycles. The third-order valence-electron chi connectivity index (χ3n) is 4.22. The fourth-order valence-electron chi connectivity index (χ4n) is 2.95. The van der Waals surface area contributed by atoms with Crippen molar-refractivity contribution in [2.75, 3.05) is 0 Å². The average molecular weight is 373 g/mol. The van der Waals surface area contributed by atoms with Gasteiger partial charge in [-0.1, -0.05) is 35.4 Å². The van der Waals surface area contributed by atoms with Gasteiger partial charge in [-0.3, -0.25) is 0 Å². The van der Waals surface area contributed by atoms with E-state index in [0.29, 0.717) is 5.92 Å². The van der Waals surface area contributed by atoms with Crippen molar-refractivity contribution in [3.8, 4) is 11.3 Å². The first kappa shape index (κ1) is 14.2. The molecule has 0 unspecified atom stereocenters. The van der Waals surface area contributed by atoms with E-state index in [2.05, 4.69) is 41.1 Å². The summed E-state index contributed by atoms with van der Waals surface area (Å²) in [5.74, 6) is 0.660. The van der Waals surface area contributed by atoms with Crippen LogP contribution < -0.4 is 0 Å². The van der Waals surface area contributed by atoms with Crippen LogP contribution >= 0.6 is 27.5 Å². The lowest BCUT2D eigenvalue weighted by atomic mass is 9.99. The lowest BCUT2D eigenvalue weighted by Crippen LogP contribution is -1.95. The summed E-state index contributed by atoms with van der Waals surface area (Å²) < 4.78 is 1.13. The molecule has 0 N–H and O–H groups in total. The number of benzene rings is 2. The van der Waals surface area contributed by atoms with Gasteiger partial charge in [-0.25, -0.2) is 4.98 Å². The van der Waals surface area contributed by atoms with E-state index in [9.17, 15) is 0 Å². The molecule has 1 aliphatic rings. The van der Waals surface area contributed by atoms with Crippen molar-refractivity contribution in [1.82, 2.24) is 4.98 Å². The fourth-order valence-corrected chi connectivity index (χ4v) is 3.93. The molecular formula is C19H15BrClN. The molecule has 0 saturated heterocycles. The predicted molar refractivity (Wildman–Crippen MR) is 96.6 cm³/mol. The first-order chi connectivity index (χ1) is 10.6. The van der Waals surface area contributed by atoms with Gasteiger partial charge in [-0.15, -0.1) is 0 Å². The highest BCUT2D eigenvalue weighted by Gasteiger charge is 2.29. The van der Waals surface area contributed by atoms with Crippen LogP contribution in [-0.4, -0.2) is 4.98 Å². The number of halogens is 2. The van der Waals surface area contributed by atoms with Gasteiger partial charge in [0.25, 0.3) is 0 Å². The number of hydrogen-bond acceptors (Lipinski definition) is 1. The third kappa shape index (κ3) is 2.45. The van der Waals surface area contributed by atoms with E-state index in [1.807, 2.05) is 24.3 Å². The van der Waals surface area contributed by atoms with Gasteiger partial charge in [0.05, 0.1) is 11.2 Å². The number of hydrogen-bond donors (Lipinski definition) is 0. The van der Waals surface area contributed by atoms with Crippen LogP contribution in [0, 0.1) is 6.92 Å². The number of rotatable bonds is 2. The second-order valence-electron chi connectivity index (χ2n) is 5.99. The number of nitrogens with zero attached hydrogens (tertiary/aromatic N) is 1. The quantitative estimate of drug-likeness (QED) is 0.500. The zero-order chi connectivity index (χ0) is 15.3. The van der Waals surface area contributed by atoms with E-state index in [0.717, 1.165) is 26.3 Å². The minimum absolute atomic E-state index is 0.660. The third-order valence-corrected chi connectivity index (χ3v) is 5.28. The van der Waals surface area contributed by atoms with Crippen molar-refractivity contribution in [2.24, 2.45) is 0 Å². The second-order valence-corrected chi connectivity index (χ2v) is 7.22. The molecule has 1 aromatic heterocycles. The van der Waals surface area contributed by atoms with Gasteiger partial charge in [0, 0.05) is 20.4 Å². The summed E-state index contributed by atoms with van der Waals surface area (Å²) in [5.41, 5.74) is 5.87. The molecule has 0 spiro atoms. The van der Waals surface area contributed by atoms with Gasteiger partial charge in [-0.2, -0.15) is 0 Å². The monoisotopic (exact) mass is 371 g/mol. The summed E-state index contributed by atoms with van der Waals surface area (Å²) in [6.45, 7) is 2.14. The second kappa shape index (κ2) is 5.36. The molecule has 1 saturated carbocycles. The smallest absolute Gasteiger partial charge is 0.0854 e. The molecule has 3 heteroatoms. The standard InChI is InChI=1S/C19H15BrClN/c1-11-2-9-16-15(10-11)17(12-3-4-12)18(20)19(22-16)13-5-7-14(21)8-6-13/h2,5-10,12H,3-4H2,1H3. The summed E-state index contributed by atoms with van der Waals surface area (Å²) >= 11 is 9.84. The Morgan fingerprint density at radius 3 is 2.50 bits per heavy atom. The maximum absolute atomic E-state index is 6.01. The molecule has 22 heavy (non-hydrogen) atoms. The first-order valence-corrected chi connectivity index (χ1v) is 8.66. The minimum Gasteiger partial charge on any atom is -0.247 e. The Bertz CT molecular complexity index is 867. The van der Waals surface area contributed by atoms with Crippen LogP contribution in [0.5, 0.6) is 0 Å². The van der Waals surface area contributed by atoms with Crippen LogP contribution in [0.15, 0.2) is 46.9 Å². The number of aromatic nitrogens is 1. The maximum Gasteiger partial charge on any atom is 0.0854 e. The van der Waals surface area contributed by atoms with Crippen LogP contribution in [0.3, 0.4) is 0 Å². The van der Waals surface area contributed by atoms with Gasteiger partial charge in [0.15, 0.2) is 0 Å². The molecule has 0 radical (unpaired) electrons. The van der Waals surface area contributed by atoms with E-state index in [1.165, 1.54) is 29.4 Å². The van der Waals surface area contributed by atoms with Gasteiger partial charge >= 0.3 is 0 Å². The molecular weight excluding hydrogens is 358 g/mol. The molecule has 0 bridgehead atoms. The largest absolute Gasteiger partial charge is 0.247 e. The molecule has 1 nitrogen and oxygen atoms in total. The van der Waals surface area contributed by atoms with Gasteiger partial charge in [-0.05, 0) is 71.4 Å². The molecule has 0 atom stereocenters. The summed E-state index contributed by atoms with van der Waals surface area (Å²) in [5, 5.41) is 2.03. The van der Waals surface area contributed by atoms with Crippen molar-refractivity contribution >= 4 is 38.4 Å². The van der Waals surface area contributed by atoms with E-state index >= 15 is 0 Å². The minimum atomic E-state index is 0.660. The normalized spacial score (nSPS) is 14.5. The zero-order valence-corrected chi connectivity index (χ0v) is 14.6. The molecule has 110 valence electrons. The van der Waals surface area contributed by atoms with Crippen molar-refractivity contribution < 1.29 is 0 Å².